The van der Waals surface area contributed by atoms with Crippen molar-refractivity contribution in [3.8, 4) is 0 Å². The number of benzene rings is 1. The Kier molecular flexibility index (Phi) is 6.05. The third kappa shape index (κ3) is 4.55. The molecule has 0 aliphatic heterocycles. The highest BCUT2D eigenvalue weighted by atomic mass is 32.2. The fourth-order valence-corrected chi connectivity index (χ4v) is 3.98. The van der Waals surface area contributed by atoms with E-state index in [1.54, 1.807) is 6.92 Å². The van der Waals surface area contributed by atoms with E-state index in [0.29, 0.717) is 24.9 Å². The molecule has 0 spiro atoms. The van der Waals surface area contributed by atoms with E-state index >= 15 is 0 Å². The minimum atomic E-state index is -3.58. The maximum Gasteiger partial charge on any atom is 0.251 e. The Morgan fingerprint density at radius 1 is 1.14 bits per heavy atom. The number of fused-ring (bicyclic) bond motifs is 1. The molecular weight excluding hydrogens is 378 g/mol. The zero-order chi connectivity index (χ0) is 20.1. The second kappa shape index (κ2) is 8.49. The highest BCUT2D eigenvalue weighted by molar-refractivity contribution is 7.89. The number of aromatic nitrogens is 3. The molecule has 0 radical (unpaired) electrons. The van der Waals surface area contributed by atoms with Gasteiger partial charge in [-0.2, -0.15) is 0 Å². The number of hydrogen-bond donors (Lipinski definition) is 2. The molecule has 148 valence electrons. The number of sulfonamides is 1. The standard InChI is InChI=1S/C19H23N5O3S/c1-3-14(2)23-28(26,27)16-9-7-15(8-10-16)19(25)20-12-11-18-22-21-17-6-4-5-13-24(17)18/h4-10,13-14,23H,3,11-12H2,1-2H3,(H,20,25). The molecule has 8 nitrogen and oxygen atoms in total. The fourth-order valence-electron chi connectivity index (χ4n) is 2.65. The van der Waals surface area contributed by atoms with Crippen LogP contribution in [0.1, 0.15) is 36.5 Å². The number of amides is 1. The van der Waals surface area contributed by atoms with Crippen LogP contribution in [0.4, 0.5) is 0 Å². The van der Waals surface area contributed by atoms with Crippen LogP contribution in [-0.4, -0.2) is 41.5 Å². The van der Waals surface area contributed by atoms with Gasteiger partial charge >= 0.3 is 0 Å². The molecule has 1 atom stereocenters. The minimum absolute atomic E-state index is 0.138. The van der Waals surface area contributed by atoms with Crippen molar-refractivity contribution in [3.63, 3.8) is 0 Å². The van der Waals surface area contributed by atoms with E-state index in [2.05, 4.69) is 20.2 Å². The molecule has 2 heterocycles. The molecule has 1 unspecified atom stereocenters. The summed E-state index contributed by atoms with van der Waals surface area (Å²) in [5, 5.41) is 11.0. The molecule has 2 aromatic heterocycles. The quantitative estimate of drug-likeness (QED) is 0.599. The Labute approximate surface area is 164 Å². The molecule has 28 heavy (non-hydrogen) atoms. The van der Waals surface area contributed by atoms with Gasteiger partial charge in [0.05, 0.1) is 4.90 Å². The molecule has 2 N–H and O–H groups in total. The molecule has 0 saturated carbocycles. The monoisotopic (exact) mass is 401 g/mol. The number of pyridine rings is 1. The number of nitrogens with one attached hydrogen (secondary N) is 2. The lowest BCUT2D eigenvalue weighted by molar-refractivity contribution is 0.0954. The van der Waals surface area contributed by atoms with E-state index < -0.39 is 10.0 Å². The summed E-state index contributed by atoms with van der Waals surface area (Å²) in [4.78, 5) is 12.4. The SMILES string of the molecule is CCC(C)NS(=O)(=O)c1ccc(C(=O)NCCc2nnc3ccccn23)cc1. The highest BCUT2D eigenvalue weighted by Crippen LogP contribution is 2.12. The summed E-state index contributed by atoms with van der Waals surface area (Å²) in [6.45, 7) is 4.10. The smallest absolute Gasteiger partial charge is 0.251 e. The lowest BCUT2D eigenvalue weighted by atomic mass is 10.2. The van der Waals surface area contributed by atoms with Gasteiger partial charge in [-0.05, 0) is 49.7 Å². The van der Waals surface area contributed by atoms with Gasteiger partial charge in [0.1, 0.15) is 5.82 Å². The summed E-state index contributed by atoms with van der Waals surface area (Å²) >= 11 is 0. The Morgan fingerprint density at radius 2 is 1.89 bits per heavy atom. The van der Waals surface area contributed by atoms with Gasteiger partial charge < -0.3 is 5.32 Å². The lowest BCUT2D eigenvalue weighted by Crippen LogP contribution is -2.32. The molecule has 0 bridgehead atoms. The Hall–Kier alpha value is -2.78. The van der Waals surface area contributed by atoms with Crippen molar-refractivity contribution in [1.82, 2.24) is 24.6 Å². The second-order valence-electron chi connectivity index (χ2n) is 6.51. The van der Waals surface area contributed by atoms with Crippen LogP contribution in [0.15, 0.2) is 53.6 Å². The van der Waals surface area contributed by atoms with Crippen LogP contribution in [0, 0.1) is 0 Å². The van der Waals surface area contributed by atoms with Gasteiger partial charge in [0.2, 0.25) is 10.0 Å². The van der Waals surface area contributed by atoms with Gasteiger partial charge in [0, 0.05) is 30.8 Å². The van der Waals surface area contributed by atoms with Gasteiger partial charge in [0.25, 0.3) is 5.91 Å². The van der Waals surface area contributed by atoms with Crippen molar-refractivity contribution in [1.29, 1.82) is 0 Å². The van der Waals surface area contributed by atoms with Crippen molar-refractivity contribution in [2.45, 2.75) is 37.6 Å². The van der Waals surface area contributed by atoms with Crippen LogP contribution < -0.4 is 10.0 Å². The van der Waals surface area contributed by atoms with E-state index in [4.69, 9.17) is 0 Å². The molecule has 0 aliphatic rings. The normalized spacial score (nSPS) is 12.8. The van der Waals surface area contributed by atoms with E-state index in [1.807, 2.05) is 35.7 Å². The van der Waals surface area contributed by atoms with Crippen molar-refractivity contribution >= 4 is 21.6 Å². The van der Waals surface area contributed by atoms with E-state index in [-0.39, 0.29) is 16.8 Å². The molecule has 0 fully saturated rings. The summed E-state index contributed by atoms with van der Waals surface area (Å²) in [5.74, 6) is 0.487. The average Bonchev–Trinajstić information content (AvgIpc) is 3.11. The zero-order valence-corrected chi connectivity index (χ0v) is 16.6. The number of nitrogens with zero attached hydrogens (tertiary/aromatic N) is 3. The summed E-state index contributed by atoms with van der Waals surface area (Å²) in [6.07, 6.45) is 3.10. The van der Waals surface area contributed by atoms with Crippen molar-refractivity contribution in [2.75, 3.05) is 6.54 Å². The second-order valence-corrected chi connectivity index (χ2v) is 8.22. The minimum Gasteiger partial charge on any atom is -0.352 e. The predicted octanol–water partition coefficient (Wildman–Crippen LogP) is 1.78. The van der Waals surface area contributed by atoms with Crippen molar-refractivity contribution in [2.24, 2.45) is 0 Å². The molecule has 1 aromatic carbocycles. The van der Waals surface area contributed by atoms with Crippen LogP contribution in [0.5, 0.6) is 0 Å². The molecule has 0 aliphatic carbocycles. The van der Waals surface area contributed by atoms with Crippen molar-refractivity contribution < 1.29 is 13.2 Å². The Bertz CT molecular complexity index is 1060. The zero-order valence-electron chi connectivity index (χ0n) is 15.8. The van der Waals surface area contributed by atoms with Crippen LogP contribution in [-0.2, 0) is 16.4 Å². The highest BCUT2D eigenvalue weighted by Gasteiger charge is 2.17. The molecule has 1 amide bonds. The topological polar surface area (TPSA) is 105 Å². The maximum atomic E-state index is 12.3. The van der Waals surface area contributed by atoms with Gasteiger partial charge in [-0.3, -0.25) is 9.20 Å². The first-order chi connectivity index (χ1) is 13.4. The van der Waals surface area contributed by atoms with Crippen LogP contribution in [0.25, 0.3) is 5.65 Å². The first kappa shape index (κ1) is 20.0. The van der Waals surface area contributed by atoms with Crippen LogP contribution >= 0.6 is 0 Å². The molecular formula is C19H23N5O3S. The first-order valence-electron chi connectivity index (χ1n) is 9.10. The Morgan fingerprint density at radius 3 is 2.61 bits per heavy atom. The molecule has 0 saturated heterocycles. The van der Waals surface area contributed by atoms with Gasteiger partial charge in [-0.15, -0.1) is 10.2 Å². The number of carbonyl (C=O) groups is 1. The maximum absolute atomic E-state index is 12.3. The molecule has 3 aromatic rings. The van der Waals surface area contributed by atoms with E-state index in [9.17, 15) is 13.2 Å². The summed E-state index contributed by atoms with van der Waals surface area (Å²) in [5.41, 5.74) is 1.15. The van der Waals surface area contributed by atoms with Gasteiger partial charge in [-0.1, -0.05) is 13.0 Å². The number of rotatable bonds is 8. The lowest BCUT2D eigenvalue weighted by Gasteiger charge is -2.12. The van der Waals surface area contributed by atoms with Gasteiger partial charge in [-0.25, -0.2) is 13.1 Å². The van der Waals surface area contributed by atoms with E-state index in [1.165, 1.54) is 24.3 Å². The summed E-state index contributed by atoms with van der Waals surface area (Å²) in [6, 6.07) is 11.4. The van der Waals surface area contributed by atoms with Crippen molar-refractivity contribution in [3.05, 3.63) is 60.0 Å². The van der Waals surface area contributed by atoms with Crippen LogP contribution in [0.2, 0.25) is 0 Å². The van der Waals surface area contributed by atoms with Crippen LogP contribution in [0.3, 0.4) is 0 Å². The predicted molar refractivity (Wildman–Crippen MR) is 106 cm³/mol. The van der Waals surface area contributed by atoms with Gasteiger partial charge in [0.15, 0.2) is 5.65 Å². The molecule has 3 rings (SSSR count). The summed E-state index contributed by atoms with van der Waals surface area (Å²) < 4.78 is 29.0. The Balaban J connectivity index is 1.59. The fraction of sp³-hybridized carbons (Fsp3) is 0.316. The third-order valence-electron chi connectivity index (χ3n) is 4.41. The average molecular weight is 401 g/mol. The summed E-state index contributed by atoms with van der Waals surface area (Å²) in [7, 11) is -3.58. The largest absolute Gasteiger partial charge is 0.352 e. The first-order valence-corrected chi connectivity index (χ1v) is 10.6. The third-order valence-corrected chi connectivity index (χ3v) is 6.02. The number of carbonyl (C=O) groups excluding carboxylic acids is 1. The molecule has 9 heteroatoms. The van der Waals surface area contributed by atoms with E-state index in [0.717, 1.165) is 11.5 Å². The number of hydrogen-bond acceptors (Lipinski definition) is 5.